The zero-order chi connectivity index (χ0) is 21.6. The van der Waals surface area contributed by atoms with E-state index < -0.39 is 11.6 Å². The van der Waals surface area contributed by atoms with Crippen LogP contribution < -0.4 is 0 Å². The van der Waals surface area contributed by atoms with E-state index in [2.05, 4.69) is 6.92 Å². The zero-order valence-corrected chi connectivity index (χ0v) is 19.8. The molecule has 0 saturated heterocycles. The van der Waals surface area contributed by atoms with Crippen LogP contribution in [-0.4, -0.2) is 0 Å². The van der Waals surface area contributed by atoms with Crippen LogP contribution >= 0.6 is 0 Å². The van der Waals surface area contributed by atoms with Crippen molar-refractivity contribution in [2.24, 2.45) is 29.6 Å². The van der Waals surface area contributed by atoms with Crippen molar-refractivity contribution in [2.45, 2.75) is 116 Å². The number of hydrogen-bond acceptors (Lipinski definition) is 0. The molecule has 0 heterocycles. The third-order valence-corrected chi connectivity index (χ3v) is 9.39. The first-order valence-corrected chi connectivity index (χ1v) is 13.6. The summed E-state index contributed by atoms with van der Waals surface area (Å²) in [5.41, 5.74) is 1.00. The van der Waals surface area contributed by atoms with Crippen molar-refractivity contribution in [1.82, 2.24) is 0 Å². The molecule has 0 aliphatic heterocycles. The molecule has 3 fully saturated rings. The summed E-state index contributed by atoms with van der Waals surface area (Å²) in [5.74, 6) is 3.86. The van der Waals surface area contributed by atoms with Crippen LogP contribution in [0.1, 0.15) is 121 Å². The van der Waals surface area contributed by atoms with Crippen LogP contribution in [0.15, 0.2) is 18.2 Å². The van der Waals surface area contributed by atoms with E-state index in [1.807, 2.05) is 0 Å². The van der Waals surface area contributed by atoms with Gasteiger partial charge in [0.1, 0.15) is 0 Å². The van der Waals surface area contributed by atoms with E-state index in [4.69, 9.17) is 0 Å². The third kappa shape index (κ3) is 6.32. The summed E-state index contributed by atoms with van der Waals surface area (Å²) in [5, 5.41) is 0. The lowest BCUT2D eigenvalue weighted by molar-refractivity contribution is 0.149. The monoisotopic (exact) mass is 430 g/mol. The average Bonchev–Trinajstić information content (AvgIpc) is 2.81. The van der Waals surface area contributed by atoms with Gasteiger partial charge in [0.15, 0.2) is 11.6 Å². The topological polar surface area (TPSA) is 0 Å². The van der Waals surface area contributed by atoms with Crippen molar-refractivity contribution in [3.05, 3.63) is 35.4 Å². The number of hydrogen-bond donors (Lipinski definition) is 0. The van der Waals surface area contributed by atoms with Crippen molar-refractivity contribution in [3.63, 3.8) is 0 Å². The first kappa shape index (κ1) is 23.2. The second-order valence-corrected chi connectivity index (χ2v) is 11.3. The van der Waals surface area contributed by atoms with E-state index in [0.717, 1.165) is 48.0 Å². The minimum absolute atomic E-state index is 0.426. The summed E-state index contributed by atoms with van der Waals surface area (Å²) in [6.45, 7) is 2.33. The number of benzene rings is 1. The summed E-state index contributed by atoms with van der Waals surface area (Å²) in [6, 6.07) is 4.53. The SMILES string of the molecule is CCCC1CCC(CCC2CCC(C3CCC(c4ccc(F)c(F)c4)CC3)CC2)CC1. The Labute approximate surface area is 189 Å². The molecule has 0 bridgehead atoms. The Balaban J connectivity index is 1.13. The Hall–Kier alpha value is -0.920. The van der Waals surface area contributed by atoms with Gasteiger partial charge >= 0.3 is 0 Å². The van der Waals surface area contributed by atoms with Crippen LogP contribution in [0.4, 0.5) is 8.78 Å². The third-order valence-electron chi connectivity index (χ3n) is 9.39. The molecule has 0 unspecified atom stereocenters. The molecule has 2 heteroatoms. The van der Waals surface area contributed by atoms with Gasteiger partial charge in [-0.15, -0.1) is 0 Å². The van der Waals surface area contributed by atoms with Gasteiger partial charge in [0.25, 0.3) is 0 Å². The summed E-state index contributed by atoms with van der Waals surface area (Å²) < 4.78 is 26.8. The Morgan fingerprint density at radius 3 is 1.61 bits per heavy atom. The molecule has 1 aromatic carbocycles. The molecule has 174 valence electrons. The van der Waals surface area contributed by atoms with Gasteiger partial charge in [0.05, 0.1) is 0 Å². The van der Waals surface area contributed by atoms with Crippen molar-refractivity contribution in [2.75, 3.05) is 0 Å². The lowest BCUT2D eigenvalue weighted by Gasteiger charge is -2.38. The van der Waals surface area contributed by atoms with E-state index >= 15 is 0 Å². The number of rotatable bonds is 7. The molecule has 1 aromatic rings. The summed E-state index contributed by atoms with van der Waals surface area (Å²) >= 11 is 0. The van der Waals surface area contributed by atoms with Gasteiger partial charge in [-0.2, -0.15) is 0 Å². The van der Waals surface area contributed by atoms with E-state index in [1.165, 1.54) is 102 Å². The first-order chi connectivity index (χ1) is 15.1. The average molecular weight is 431 g/mol. The second-order valence-electron chi connectivity index (χ2n) is 11.3. The molecule has 0 spiro atoms. The van der Waals surface area contributed by atoms with Crippen LogP contribution in [0, 0.1) is 41.2 Å². The molecule has 3 saturated carbocycles. The molecule has 3 aliphatic rings. The van der Waals surface area contributed by atoms with Gasteiger partial charge in [0.2, 0.25) is 0 Å². The van der Waals surface area contributed by atoms with Crippen LogP contribution in [-0.2, 0) is 0 Å². The summed E-state index contributed by atoms with van der Waals surface area (Å²) in [6.07, 6.45) is 22.4. The fourth-order valence-corrected chi connectivity index (χ4v) is 7.33. The summed E-state index contributed by atoms with van der Waals surface area (Å²) in [4.78, 5) is 0. The zero-order valence-electron chi connectivity index (χ0n) is 19.8. The fourth-order valence-electron chi connectivity index (χ4n) is 7.33. The maximum atomic E-state index is 13.6. The van der Waals surface area contributed by atoms with Gasteiger partial charge in [-0.1, -0.05) is 77.2 Å². The van der Waals surface area contributed by atoms with Gasteiger partial charge in [-0.25, -0.2) is 8.78 Å². The normalized spacial score (nSPS) is 34.5. The van der Waals surface area contributed by atoms with Gasteiger partial charge < -0.3 is 0 Å². The lowest BCUT2D eigenvalue weighted by atomic mass is 9.67. The molecule has 0 radical (unpaired) electrons. The molecule has 0 N–H and O–H groups in total. The molecule has 31 heavy (non-hydrogen) atoms. The maximum Gasteiger partial charge on any atom is 0.159 e. The van der Waals surface area contributed by atoms with E-state index in [-0.39, 0.29) is 0 Å². The van der Waals surface area contributed by atoms with Gasteiger partial charge in [0, 0.05) is 0 Å². The predicted octanol–water partition coefficient (Wildman–Crippen LogP) is 9.43. The fraction of sp³-hybridized carbons (Fsp3) is 0.793. The van der Waals surface area contributed by atoms with Crippen LogP contribution in [0.2, 0.25) is 0 Å². The molecular formula is C29H44F2. The molecule has 0 aromatic heterocycles. The smallest absolute Gasteiger partial charge is 0.159 e. The van der Waals surface area contributed by atoms with E-state index in [1.54, 1.807) is 6.07 Å². The standard InChI is InChI=1S/C29H44F2/c1-2-3-21-4-6-22(7-5-21)8-9-23-10-12-24(13-11-23)25-14-16-26(17-15-25)27-18-19-28(30)29(31)20-27/h18-26H,2-17H2,1H3. The molecule has 0 atom stereocenters. The van der Waals surface area contributed by atoms with Gasteiger partial charge in [-0.05, 0) is 91.7 Å². The van der Waals surface area contributed by atoms with Crippen LogP contribution in [0.5, 0.6) is 0 Å². The van der Waals surface area contributed by atoms with Crippen LogP contribution in [0.3, 0.4) is 0 Å². The van der Waals surface area contributed by atoms with Crippen molar-refractivity contribution in [3.8, 4) is 0 Å². The highest BCUT2D eigenvalue weighted by Gasteiger charge is 2.32. The highest BCUT2D eigenvalue weighted by Crippen LogP contribution is 2.45. The number of halogens is 2. The largest absolute Gasteiger partial charge is 0.204 e. The minimum Gasteiger partial charge on any atom is -0.204 e. The van der Waals surface area contributed by atoms with Crippen molar-refractivity contribution < 1.29 is 8.78 Å². The van der Waals surface area contributed by atoms with E-state index in [9.17, 15) is 8.78 Å². The first-order valence-electron chi connectivity index (χ1n) is 13.6. The molecular weight excluding hydrogens is 386 g/mol. The molecule has 3 aliphatic carbocycles. The Morgan fingerprint density at radius 2 is 1.10 bits per heavy atom. The molecule has 4 rings (SSSR count). The van der Waals surface area contributed by atoms with E-state index in [0.29, 0.717) is 5.92 Å². The Bertz CT molecular complexity index is 659. The highest BCUT2D eigenvalue weighted by atomic mass is 19.2. The van der Waals surface area contributed by atoms with Gasteiger partial charge in [-0.3, -0.25) is 0 Å². The molecule has 0 nitrogen and oxygen atoms in total. The highest BCUT2D eigenvalue weighted by molar-refractivity contribution is 5.22. The Kier molecular flexibility index (Phi) is 8.46. The minimum atomic E-state index is -0.724. The molecule has 0 amide bonds. The maximum absolute atomic E-state index is 13.6. The van der Waals surface area contributed by atoms with Crippen LogP contribution in [0.25, 0.3) is 0 Å². The van der Waals surface area contributed by atoms with Crippen molar-refractivity contribution in [1.29, 1.82) is 0 Å². The van der Waals surface area contributed by atoms with Crippen molar-refractivity contribution >= 4 is 0 Å². The lowest BCUT2D eigenvalue weighted by Crippen LogP contribution is -2.25. The summed E-state index contributed by atoms with van der Waals surface area (Å²) in [7, 11) is 0. The Morgan fingerprint density at radius 1 is 0.613 bits per heavy atom. The predicted molar refractivity (Wildman–Crippen MR) is 126 cm³/mol. The quantitative estimate of drug-likeness (QED) is 0.404. The second kappa shape index (κ2) is 11.3.